The molecule has 126 valence electrons. The van der Waals surface area contributed by atoms with Crippen LogP contribution in [-0.4, -0.2) is 25.9 Å². The van der Waals surface area contributed by atoms with Crippen LogP contribution in [0.5, 0.6) is 11.5 Å². The van der Waals surface area contributed by atoms with E-state index in [1.807, 2.05) is 24.3 Å². The molecule has 0 fully saturated rings. The number of aldehydes is 1. The summed E-state index contributed by atoms with van der Waals surface area (Å²) in [6.07, 6.45) is 1.59. The van der Waals surface area contributed by atoms with Crippen LogP contribution in [0.2, 0.25) is 5.02 Å². The molecule has 0 aliphatic rings. The first kappa shape index (κ1) is 17.8. The summed E-state index contributed by atoms with van der Waals surface area (Å²) in [6.45, 7) is 1.83. The normalized spacial score (nSPS) is 10.1. The second kappa shape index (κ2) is 8.36. The van der Waals surface area contributed by atoms with Crippen LogP contribution in [0.15, 0.2) is 36.4 Å². The summed E-state index contributed by atoms with van der Waals surface area (Å²) < 4.78 is 10.6. The van der Waals surface area contributed by atoms with Crippen LogP contribution >= 0.6 is 11.6 Å². The van der Waals surface area contributed by atoms with Crippen molar-refractivity contribution >= 4 is 29.5 Å². The van der Waals surface area contributed by atoms with Gasteiger partial charge in [-0.3, -0.25) is 9.59 Å². The topological polar surface area (TPSA) is 64.6 Å². The van der Waals surface area contributed by atoms with Crippen LogP contribution in [0.1, 0.15) is 22.8 Å². The van der Waals surface area contributed by atoms with Crippen LogP contribution in [0, 0.1) is 0 Å². The predicted octanol–water partition coefficient (Wildman–Crippen LogP) is 3.74. The van der Waals surface area contributed by atoms with Crippen LogP contribution in [0.25, 0.3) is 0 Å². The van der Waals surface area contributed by atoms with E-state index in [9.17, 15) is 9.59 Å². The van der Waals surface area contributed by atoms with Gasteiger partial charge in [-0.05, 0) is 36.2 Å². The van der Waals surface area contributed by atoms with Crippen molar-refractivity contribution < 1.29 is 19.1 Å². The zero-order valence-electron chi connectivity index (χ0n) is 13.5. The van der Waals surface area contributed by atoms with E-state index < -0.39 is 0 Å². The molecule has 6 heteroatoms. The number of halogens is 1. The number of hydrogen-bond acceptors (Lipinski definition) is 4. The van der Waals surface area contributed by atoms with Crippen molar-refractivity contribution in [3.63, 3.8) is 0 Å². The molecular weight excluding hydrogens is 330 g/mol. The molecule has 0 aliphatic heterocycles. The fourth-order valence-electron chi connectivity index (χ4n) is 2.11. The number of amides is 1. The maximum Gasteiger partial charge on any atom is 0.262 e. The molecular formula is C18H18ClNO4. The van der Waals surface area contributed by atoms with Gasteiger partial charge in [-0.2, -0.15) is 0 Å². The summed E-state index contributed by atoms with van der Waals surface area (Å²) in [5.41, 5.74) is 2.25. The van der Waals surface area contributed by atoms with E-state index in [4.69, 9.17) is 21.1 Å². The Morgan fingerprint density at radius 3 is 2.54 bits per heavy atom. The van der Waals surface area contributed by atoms with Crippen LogP contribution < -0.4 is 14.8 Å². The molecule has 2 rings (SSSR count). The van der Waals surface area contributed by atoms with Crippen LogP contribution in [0.3, 0.4) is 0 Å². The Hall–Kier alpha value is -2.53. The predicted molar refractivity (Wildman–Crippen MR) is 93.3 cm³/mol. The van der Waals surface area contributed by atoms with Gasteiger partial charge in [0.15, 0.2) is 18.1 Å². The van der Waals surface area contributed by atoms with Crippen molar-refractivity contribution in [3.8, 4) is 11.5 Å². The third-order valence-electron chi connectivity index (χ3n) is 3.38. The smallest absolute Gasteiger partial charge is 0.262 e. The molecule has 5 nitrogen and oxygen atoms in total. The SMILES string of the molecule is CCc1ccc(NC(=O)COc2c(Cl)cc(C=O)cc2OC)cc1. The number of carbonyl (C=O) groups is 2. The Kier molecular flexibility index (Phi) is 6.21. The van der Waals surface area contributed by atoms with Crippen LogP contribution in [0.4, 0.5) is 5.69 Å². The average molecular weight is 348 g/mol. The Morgan fingerprint density at radius 1 is 1.25 bits per heavy atom. The summed E-state index contributed by atoms with van der Waals surface area (Å²) in [5, 5.41) is 2.94. The van der Waals surface area contributed by atoms with Gasteiger partial charge in [-0.1, -0.05) is 30.7 Å². The number of benzene rings is 2. The lowest BCUT2D eigenvalue weighted by molar-refractivity contribution is -0.118. The molecule has 1 N–H and O–H groups in total. The summed E-state index contributed by atoms with van der Waals surface area (Å²) in [5.74, 6) is 0.197. The van der Waals surface area contributed by atoms with E-state index in [-0.39, 0.29) is 23.3 Å². The van der Waals surface area contributed by atoms with E-state index in [0.717, 1.165) is 6.42 Å². The minimum Gasteiger partial charge on any atom is -0.493 e. The molecule has 0 aromatic heterocycles. The number of hydrogen-bond donors (Lipinski definition) is 1. The lowest BCUT2D eigenvalue weighted by atomic mass is 10.1. The monoisotopic (exact) mass is 347 g/mol. The molecule has 0 saturated carbocycles. The first-order valence-electron chi connectivity index (χ1n) is 7.41. The molecule has 2 aromatic rings. The highest BCUT2D eigenvalue weighted by molar-refractivity contribution is 6.32. The van der Waals surface area contributed by atoms with Crippen molar-refractivity contribution in [1.82, 2.24) is 0 Å². The molecule has 0 unspecified atom stereocenters. The second-order valence-corrected chi connectivity index (χ2v) is 5.45. The van der Waals surface area contributed by atoms with Crippen molar-refractivity contribution in [2.45, 2.75) is 13.3 Å². The number of aryl methyl sites for hydroxylation is 1. The van der Waals surface area contributed by atoms with E-state index in [2.05, 4.69) is 12.2 Å². The van der Waals surface area contributed by atoms with Gasteiger partial charge in [-0.15, -0.1) is 0 Å². The van der Waals surface area contributed by atoms with Gasteiger partial charge in [-0.25, -0.2) is 0 Å². The summed E-state index contributed by atoms with van der Waals surface area (Å²) in [4.78, 5) is 22.8. The lowest BCUT2D eigenvalue weighted by Crippen LogP contribution is -2.20. The highest BCUT2D eigenvalue weighted by Gasteiger charge is 2.14. The summed E-state index contributed by atoms with van der Waals surface area (Å²) >= 11 is 6.07. The minimum atomic E-state index is -0.322. The Morgan fingerprint density at radius 2 is 1.96 bits per heavy atom. The number of nitrogens with one attached hydrogen (secondary N) is 1. The molecule has 0 heterocycles. The fourth-order valence-corrected chi connectivity index (χ4v) is 2.38. The molecule has 0 spiro atoms. The van der Waals surface area contributed by atoms with Gasteiger partial charge in [0, 0.05) is 11.3 Å². The van der Waals surface area contributed by atoms with E-state index in [1.165, 1.54) is 24.8 Å². The fraction of sp³-hybridized carbons (Fsp3) is 0.222. The van der Waals surface area contributed by atoms with E-state index in [1.54, 1.807) is 0 Å². The Balaban J connectivity index is 2.01. The summed E-state index contributed by atoms with van der Waals surface area (Å²) in [6, 6.07) is 10.5. The molecule has 0 atom stereocenters. The average Bonchev–Trinajstić information content (AvgIpc) is 2.60. The maximum atomic E-state index is 12.0. The first-order valence-corrected chi connectivity index (χ1v) is 7.79. The van der Waals surface area contributed by atoms with Gasteiger partial charge in [0.1, 0.15) is 6.29 Å². The minimum absolute atomic E-state index is 0.205. The standard InChI is InChI=1S/C18H18ClNO4/c1-3-12-4-6-14(7-5-12)20-17(22)11-24-18-15(19)8-13(10-21)9-16(18)23-2/h4-10H,3,11H2,1-2H3,(H,20,22). The third kappa shape index (κ3) is 4.49. The number of carbonyl (C=O) groups excluding carboxylic acids is 2. The number of ether oxygens (including phenoxy) is 2. The number of rotatable bonds is 7. The lowest BCUT2D eigenvalue weighted by Gasteiger charge is -2.13. The molecule has 0 bridgehead atoms. The van der Waals surface area contributed by atoms with Gasteiger partial charge in [0.25, 0.3) is 5.91 Å². The van der Waals surface area contributed by atoms with Crippen molar-refractivity contribution in [1.29, 1.82) is 0 Å². The molecule has 1 amide bonds. The van der Waals surface area contributed by atoms with E-state index in [0.29, 0.717) is 23.3 Å². The van der Waals surface area contributed by atoms with Gasteiger partial charge in [0.2, 0.25) is 0 Å². The summed E-state index contributed by atoms with van der Waals surface area (Å²) in [7, 11) is 1.43. The second-order valence-electron chi connectivity index (χ2n) is 5.04. The number of methoxy groups -OCH3 is 1. The zero-order valence-corrected chi connectivity index (χ0v) is 14.2. The van der Waals surface area contributed by atoms with Gasteiger partial charge < -0.3 is 14.8 Å². The molecule has 24 heavy (non-hydrogen) atoms. The molecule has 0 radical (unpaired) electrons. The number of anilines is 1. The molecule has 2 aromatic carbocycles. The molecule has 0 aliphatic carbocycles. The van der Waals surface area contributed by atoms with Crippen LogP contribution in [-0.2, 0) is 11.2 Å². The maximum absolute atomic E-state index is 12.0. The highest BCUT2D eigenvalue weighted by atomic mass is 35.5. The quantitative estimate of drug-likeness (QED) is 0.775. The highest BCUT2D eigenvalue weighted by Crippen LogP contribution is 2.36. The van der Waals surface area contributed by atoms with Crippen molar-refractivity contribution in [2.75, 3.05) is 19.0 Å². The molecule has 0 saturated heterocycles. The third-order valence-corrected chi connectivity index (χ3v) is 3.66. The Labute approximate surface area is 145 Å². The zero-order chi connectivity index (χ0) is 17.5. The van der Waals surface area contributed by atoms with Crippen molar-refractivity contribution in [2.24, 2.45) is 0 Å². The first-order chi connectivity index (χ1) is 11.6. The largest absolute Gasteiger partial charge is 0.493 e. The van der Waals surface area contributed by atoms with Gasteiger partial charge in [0.05, 0.1) is 12.1 Å². The van der Waals surface area contributed by atoms with Gasteiger partial charge >= 0.3 is 0 Å². The Bertz CT molecular complexity index is 729. The van der Waals surface area contributed by atoms with E-state index >= 15 is 0 Å². The van der Waals surface area contributed by atoms with Crippen molar-refractivity contribution in [3.05, 3.63) is 52.5 Å².